The molecule has 0 unspecified atom stereocenters. The molecule has 0 bridgehead atoms. The summed E-state index contributed by atoms with van der Waals surface area (Å²) in [7, 11) is 2.00. The van der Waals surface area contributed by atoms with Crippen molar-refractivity contribution in [3.8, 4) is 0 Å². The summed E-state index contributed by atoms with van der Waals surface area (Å²) < 4.78 is 0. The summed E-state index contributed by atoms with van der Waals surface area (Å²) >= 11 is 5.68. The molecule has 6 nitrogen and oxygen atoms in total. The van der Waals surface area contributed by atoms with E-state index < -0.39 is 4.92 Å². The van der Waals surface area contributed by atoms with Crippen LogP contribution in [0, 0.1) is 10.1 Å². The summed E-state index contributed by atoms with van der Waals surface area (Å²) in [6.07, 6.45) is 1.39. The van der Waals surface area contributed by atoms with Gasteiger partial charge in [-0.05, 0) is 20.9 Å². The van der Waals surface area contributed by atoms with Gasteiger partial charge in [0.05, 0.1) is 9.95 Å². The third-order valence-electron chi connectivity index (χ3n) is 2.67. The summed E-state index contributed by atoms with van der Waals surface area (Å²) in [6, 6.07) is 1.73. The lowest BCUT2D eigenvalue weighted by Crippen LogP contribution is -2.31. The number of halogens is 1. The largest absolute Gasteiger partial charge is 0.363 e. The fourth-order valence-corrected chi connectivity index (χ4v) is 1.46. The summed E-state index contributed by atoms with van der Waals surface area (Å²) in [5, 5.41) is 14.0. The van der Waals surface area contributed by atoms with Crippen LogP contribution in [0.1, 0.15) is 13.8 Å². The van der Waals surface area contributed by atoms with E-state index in [1.54, 1.807) is 0 Å². The lowest BCUT2D eigenvalue weighted by atomic mass is 10.3. The molecule has 18 heavy (non-hydrogen) atoms. The van der Waals surface area contributed by atoms with E-state index in [0.29, 0.717) is 12.6 Å². The molecule has 0 aliphatic rings. The normalized spacial score (nSPS) is 11.0. The van der Waals surface area contributed by atoms with Crippen LogP contribution in [-0.4, -0.2) is 41.0 Å². The van der Waals surface area contributed by atoms with E-state index in [1.165, 1.54) is 12.3 Å². The van der Waals surface area contributed by atoms with Crippen LogP contribution in [-0.2, 0) is 0 Å². The Bertz CT molecular complexity index is 426. The van der Waals surface area contributed by atoms with Crippen LogP contribution in [0.2, 0.25) is 5.02 Å². The first-order chi connectivity index (χ1) is 8.41. The lowest BCUT2D eigenvalue weighted by molar-refractivity contribution is -0.384. The summed E-state index contributed by atoms with van der Waals surface area (Å²) in [5.41, 5.74) is -0.102. The first kappa shape index (κ1) is 14.7. The van der Waals surface area contributed by atoms with Crippen molar-refractivity contribution < 1.29 is 4.92 Å². The first-order valence-electron chi connectivity index (χ1n) is 5.66. The Hall–Kier alpha value is -1.40. The average molecular weight is 273 g/mol. The van der Waals surface area contributed by atoms with Crippen LogP contribution < -0.4 is 5.32 Å². The zero-order valence-electron chi connectivity index (χ0n) is 10.7. The van der Waals surface area contributed by atoms with Gasteiger partial charge < -0.3 is 10.2 Å². The van der Waals surface area contributed by atoms with Crippen LogP contribution >= 0.6 is 11.6 Å². The third-order valence-corrected chi connectivity index (χ3v) is 2.88. The van der Waals surface area contributed by atoms with E-state index in [2.05, 4.69) is 29.0 Å². The Balaban J connectivity index is 2.65. The second-order valence-electron chi connectivity index (χ2n) is 4.28. The van der Waals surface area contributed by atoms with E-state index in [9.17, 15) is 10.1 Å². The molecule has 0 aliphatic heterocycles. The number of nitrogens with one attached hydrogen (secondary N) is 1. The van der Waals surface area contributed by atoms with Gasteiger partial charge in [0.25, 0.3) is 0 Å². The minimum absolute atomic E-state index is 0.102. The van der Waals surface area contributed by atoms with Gasteiger partial charge in [-0.3, -0.25) is 10.1 Å². The van der Waals surface area contributed by atoms with Gasteiger partial charge in [0.2, 0.25) is 5.82 Å². The molecule has 1 heterocycles. The number of pyridine rings is 1. The van der Waals surface area contributed by atoms with Crippen molar-refractivity contribution in [2.75, 3.05) is 25.5 Å². The molecule has 0 radical (unpaired) electrons. The number of likely N-dealkylation sites (N-methyl/N-ethyl adjacent to an activating group) is 1. The molecule has 0 aromatic carbocycles. The minimum Gasteiger partial charge on any atom is -0.363 e. The topological polar surface area (TPSA) is 71.3 Å². The Morgan fingerprint density at radius 1 is 1.61 bits per heavy atom. The highest BCUT2D eigenvalue weighted by Crippen LogP contribution is 2.24. The molecule has 1 aromatic heterocycles. The summed E-state index contributed by atoms with van der Waals surface area (Å²) in [6.45, 7) is 5.54. The number of hydrogen-bond acceptors (Lipinski definition) is 5. The quantitative estimate of drug-likeness (QED) is 0.636. The van der Waals surface area contributed by atoms with Gasteiger partial charge in [-0.2, -0.15) is 0 Å². The molecule has 1 N–H and O–H groups in total. The molecule has 0 amide bonds. The van der Waals surface area contributed by atoms with E-state index in [0.717, 1.165) is 6.54 Å². The van der Waals surface area contributed by atoms with Crippen molar-refractivity contribution in [3.05, 3.63) is 27.4 Å². The maximum atomic E-state index is 10.8. The molecule has 0 atom stereocenters. The Morgan fingerprint density at radius 2 is 2.28 bits per heavy atom. The van der Waals surface area contributed by atoms with Crippen LogP contribution in [0.4, 0.5) is 11.5 Å². The predicted molar refractivity (Wildman–Crippen MR) is 72.2 cm³/mol. The highest BCUT2D eigenvalue weighted by atomic mass is 35.5. The molecule has 0 aliphatic carbocycles. The Morgan fingerprint density at radius 3 is 2.83 bits per heavy atom. The fraction of sp³-hybridized carbons (Fsp3) is 0.545. The summed E-state index contributed by atoms with van der Waals surface area (Å²) in [5.74, 6) is 0.251. The van der Waals surface area contributed by atoms with Crippen molar-refractivity contribution in [2.45, 2.75) is 19.9 Å². The molecule has 7 heteroatoms. The van der Waals surface area contributed by atoms with E-state index >= 15 is 0 Å². The fourth-order valence-electron chi connectivity index (χ4n) is 1.31. The number of hydrogen-bond donors (Lipinski definition) is 1. The van der Waals surface area contributed by atoms with Crippen LogP contribution in [0.5, 0.6) is 0 Å². The zero-order valence-corrected chi connectivity index (χ0v) is 11.4. The lowest BCUT2D eigenvalue weighted by Gasteiger charge is -2.20. The standard InChI is InChI=1S/C11H17ClN4O2/c1-8(2)15(3)5-4-13-11-10(16(17)18)6-9(12)7-14-11/h6-8H,4-5H2,1-3H3,(H,13,14). The summed E-state index contributed by atoms with van der Waals surface area (Å²) in [4.78, 5) is 16.4. The van der Waals surface area contributed by atoms with Gasteiger partial charge in [-0.1, -0.05) is 11.6 Å². The van der Waals surface area contributed by atoms with Gasteiger partial charge in [-0.15, -0.1) is 0 Å². The Labute approximate surface area is 111 Å². The maximum Gasteiger partial charge on any atom is 0.312 e. The second-order valence-corrected chi connectivity index (χ2v) is 4.72. The van der Waals surface area contributed by atoms with Gasteiger partial charge in [0.1, 0.15) is 0 Å². The number of nitrogens with zero attached hydrogens (tertiary/aromatic N) is 3. The van der Waals surface area contributed by atoms with Gasteiger partial charge in [0.15, 0.2) is 0 Å². The molecular formula is C11H17ClN4O2. The van der Waals surface area contributed by atoms with Gasteiger partial charge in [-0.25, -0.2) is 4.98 Å². The average Bonchev–Trinajstić information content (AvgIpc) is 2.30. The molecular weight excluding hydrogens is 256 g/mol. The molecule has 0 saturated carbocycles. The van der Waals surface area contributed by atoms with E-state index in [1.807, 2.05) is 7.05 Å². The van der Waals surface area contributed by atoms with Crippen LogP contribution in [0.25, 0.3) is 0 Å². The van der Waals surface area contributed by atoms with Gasteiger partial charge in [0, 0.05) is 31.4 Å². The molecule has 1 aromatic rings. The zero-order chi connectivity index (χ0) is 13.7. The minimum atomic E-state index is -0.493. The number of anilines is 1. The monoisotopic (exact) mass is 272 g/mol. The van der Waals surface area contributed by atoms with Crippen LogP contribution in [0.3, 0.4) is 0 Å². The molecule has 100 valence electrons. The van der Waals surface area contributed by atoms with Crippen molar-refractivity contribution in [1.82, 2.24) is 9.88 Å². The van der Waals surface area contributed by atoms with E-state index in [-0.39, 0.29) is 16.5 Å². The smallest absolute Gasteiger partial charge is 0.312 e. The van der Waals surface area contributed by atoms with Crippen molar-refractivity contribution >= 4 is 23.1 Å². The van der Waals surface area contributed by atoms with E-state index in [4.69, 9.17) is 11.6 Å². The predicted octanol–water partition coefficient (Wildman–Crippen LogP) is 2.40. The van der Waals surface area contributed by atoms with Crippen LogP contribution in [0.15, 0.2) is 12.3 Å². The second kappa shape index (κ2) is 6.51. The first-order valence-corrected chi connectivity index (χ1v) is 6.03. The highest BCUT2D eigenvalue weighted by Gasteiger charge is 2.15. The number of nitro groups is 1. The molecule has 1 rings (SSSR count). The maximum absolute atomic E-state index is 10.8. The van der Waals surface area contributed by atoms with Crippen molar-refractivity contribution in [2.24, 2.45) is 0 Å². The number of rotatable bonds is 6. The Kier molecular flexibility index (Phi) is 5.30. The molecule has 0 spiro atoms. The number of aromatic nitrogens is 1. The molecule has 0 saturated heterocycles. The van der Waals surface area contributed by atoms with Gasteiger partial charge >= 0.3 is 5.69 Å². The highest BCUT2D eigenvalue weighted by molar-refractivity contribution is 6.30. The van der Waals surface area contributed by atoms with Crippen molar-refractivity contribution in [1.29, 1.82) is 0 Å². The SMILES string of the molecule is CC(C)N(C)CCNc1ncc(Cl)cc1[N+](=O)[O-]. The molecule has 0 fully saturated rings. The van der Waals surface area contributed by atoms with Crippen molar-refractivity contribution in [3.63, 3.8) is 0 Å². The third kappa shape index (κ3) is 4.12.